The van der Waals surface area contributed by atoms with Crippen molar-refractivity contribution in [3.8, 4) is 0 Å². The maximum Gasteiger partial charge on any atom is 0.243 e. The zero-order valence-corrected chi connectivity index (χ0v) is 13.9. The van der Waals surface area contributed by atoms with Crippen LogP contribution in [-0.2, 0) is 16.6 Å². The third kappa shape index (κ3) is 3.19. The molecule has 20 heavy (non-hydrogen) atoms. The lowest BCUT2D eigenvalue weighted by Crippen LogP contribution is -2.44. The van der Waals surface area contributed by atoms with Crippen LogP contribution in [0, 0.1) is 6.92 Å². The molecule has 1 fully saturated rings. The van der Waals surface area contributed by atoms with Crippen molar-refractivity contribution < 1.29 is 8.42 Å². The number of thioether (sulfide) groups is 1. The van der Waals surface area contributed by atoms with E-state index >= 15 is 0 Å². The number of hydrogen-bond donors (Lipinski definition) is 1. The standard InChI is InChI=1S/C14H22N2O2S2/c1-11-4-5-13(9-15-3)8-14(11)20(17,18)16-6-7-19-10-12(16)2/h4-5,8,12,15H,6-7,9-10H2,1-3H3. The second-order valence-electron chi connectivity index (χ2n) is 5.17. The molecule has 0 aromatic heterocycles. The van der Waals surface area contributed by atoms with Crippen molar-refractivity contribution in [2.45, 2.75) is 31.3 Å². The minimum atomic E-state index is -3.39. The van der Waals surface area contributed by atoms with Crippen LogP contribution in [0.25, 0.3) is 0 Å². The zero-order chi connectivity index (χ0) is 14.8. The van der Waals surface area contributed by atoms with Crippen LogP contribution in [0.15, 0.2) is 23.1 Å². The van der Waals surface area contributed by atoms with Crippen molar-refractivity contribution in [1.29, 1.82) is 0 Å². The Balaban J connectivity index is 2.40. The third-order valence-electron chi connectivity index (χ3n) is 3.53. The van der Waals surface area contributed by atoms with E-state index in [-0.39, 0.29) is 6.04 Å². The smallest absolute Gasteiger partial charge is 0.243 e. The van der Waals surface area contributed by atoms with Gasteiger partial charge in [0.25, 0.3) is 0 Å². The molecule has 1 aromatic rings. The summed E-state index contributed by atoms with van der Waals surface area (Å²) in [4.78, 5) is 0.448. The fourth-order valence-corrected chi connectivity index (χ4v) is 5.56. The van der Waals surface area contributed by atoms with Crippen LogP contribution in [0.2, 0.25) is 0 Å². The molecule has 1 aliphatic heterocycles. The summed E-state index contributed by atoms with van der Waals surface area (Å²) < 4.78 is 27.4. The number of benzene rings is 1. The Morgan fingerprint density at radius 1 is 1.45 bits per heavy atom. The molecular formula is C14H22N2O2S2. The van der Waals surface area contributed by atoms with Crippen LogP contribution >= 0.6 is 11.8 Å². The van der Waals surface area contributed by atoms with E-state index in [1.807, 2.05) is 44.8 Å². The van der Waals surface area contributed by atoms with Gasteiger partial charge >= 0.3 is 0 Å². The van der Waals surface area contributed by atoms with Gasteiger partial charge in [0.2, 0.25) is 10.0 Å². The topological polar surface area (TPSA) is 49.4 Å². The van der Waals surface area contributed by atoms with Crippen molar-refractivity contribution in [3.63, 3.8) is 0 Å². The van der Waals surface area contributed by atoms with Gasteiger partial charge in [0.15, 0.2) is 0 Å². The van der Waals surface area contributed by atoms with Crippen molar-refractivity contribution in [2.24, 2.45) is 0 Å². The first-order chi connectivity index (χ1) is 9.46. The van der Waals surface area contributed by atoms with E-state index in [2.05, 4.69) is 5.32 Å². The first kappa shape index (κ1) is 15.8. The fraction of sp³-hybridized carbons (Fsp3) is 0.571. The number of sulfonamides is 1. The lowest BCUT2D eigenvalue weighted by atomic mass is 10.1. The van der Waals surface area contributed by atoms with Crippen molar-refractivity contribution in [2.75, 3.05) is 25.1 Å². The molecule has 1 atom stereocenters. The highest BCUT2D eigenvalue weighted by Gasteiger charge is 2.32. The van der Waals surface area contributed by atoms with Gasteiger partial charge in [-0.2, -0.15) is 16.1 Å². The summed E-state index contributed by atoms with van der Waals surface area (Å²) in [6.07, 6.45) is 0. The summed E-state index contributed by atoms with van der Waals surface area (Å²) in [5, 5.41) is 3.06. The summed E-state index contributed by atoms with van der Waals surface area (Å²) >= 11 is 1.82. The molecule has 1 aromatic carbocycles. The molecule has 0 spiro atoms. The molecule has 0 aliphatic carbocycles. The third-order valence-corrected chi connectivity index (χ3v) is 6.87. The molecule has 0 saturated carbocycles. The maximum absolute atomic E-state index is 12.9. The zero-order valence-electron chi connectivity index (χ0n) is 12.2. The van der Waals surface area contributed by atoms with Gasteiger partial charge in [-0.15, -0.1) is 0 Å². The summed E-state index contributed by atoms with van der Waals surface area (Å²) in [5.74, 6) is 1.74. The van der Waals surface area contributed by atoms with Crippen molar-refractivity contribution >= 4 is 21.8 Å². The number of aryl methyl sites for hydroxylation is 1. The molecule has 112 valence electrons. The van der Waals surface area contributed by atoms with Gasteiger partial charge in [0, 0.05) is 30.6 Å². The second kappa shape index (κ2) is 6.47. The summed E-state index contributed by atoms with van der Waals surface area (Å²) in [6, 6.07) is 5.73. The van der Waals surface area contributed by atoms with E-state index in [4.69, 9.17) is 0 Å². The minimum Gasteiger partial charge on any atom is -0.316 e. The van der Waals surface area contributed by atoms with Gasteiger partial charge in [-0.25, -0.2) is 8.42 Å². The fourth-order valence-electron chi connectivity index (χ4n) is 2.43. The van der Waals surface area contributed by atoms with Crippen molar-refractivity contribution in [3.05, 3.63) is 29.3 Å². The Morgan fingerprint density at radius 3 is 2.85 bits per heavy atom. The first-order valence-electron chi connectivity index (χ1n) is 6.80. The normalized spacial score (nSPS) is 21.1. The van der Waals surface area contributed by atoms with E-state index in [9.17, 15) is 8.42 Å². The summed E-state index contributed by atoms with van der Waals surface area (Å²) in [6.45, 7) is 5.12. The van der Waals surface area contributed by atoms with Crippen LogP contribution in [0.4, 0.5) is 0 Å². The molecule has 1 heterocycles. The Bertz CT molecular complexity index is 573. The molecule has 1 saturated heterocycles. The molecule has 1 unspecified atom stereocenters. The monoisotopic (exact) mass is 314 g/mol. The lowest BCUT2D eigenvalue weighted by Gasteiger charge is -2.32. The van der Waals surface area contributed by atoms with E-state index in [1.54, 1.807) is 10.4 Å². The number of nitrogens with zero attached hydrogens (tertiary/aromatic N) is 1. The van der Waals surface area contributed by atoms with Gasteiger partial charge in [-0.1, -0.05) is 12.1 Å². The molecule has 2 rings (SSSR count). The van der Waals surface area contributed by atoms with Crippen LogP contribution in [-0.4, -0.2) is 43.9 Å². The van der Waals surface area contributed by atoms with Crippen LogP contribution in [0.5, 0.6) is 0 Å². The van der Waals surface area contributed by atoms with E-state index in [1.165, 1.54) is 0 Å². The highest BCUT2D eigenvalue weighted by molar-refractivity contribution is 7.99. The molecular weight excluding hydrogens is 292 g/mol. The van der Waals surface area contributed by atoms with Gasteiger partial charge < -0.3 is 5.32 Å². The van der Waals surface area contributed by atoms with Gasteiger partial charge in [0.1, 0.15) is 0 Å². The molecule has 1 N–H and O–H groups in total. The number of nitrogens with one attached hydrogen (secondary N) is 1. The van der Waals surface area contributed by atoms with E-state index < -0.39 is 10.0 Å². The van der Waals surface area contributed by atoms with Crippen LogP contribution in [0.3, 0.4) is 0 Å². The Kier molecular flexibility index (Phi) is 5.12. The van der Waals surface area contributed by atoms with Gasteiger partial charge in [0.05, 0.1) is 4.90 Å². The Morgan fingerprint density at radius 2 is 2.20 bits per heavy atom. The Hall–Kier alpha value is -0.560. The highest BCUT2D eigenvalue weighted by Crippen LogP contribution is 2.27. The van der Waals surface area contributed by atoms with Crippen LogP contribution < -0.4 is 5.32 Å². The number of rotatable bonds is 4. The SMILES string of the molecule is CNCc1ccc(C)c(S(=O)(=O)N2CCSCC2C)c1. The average molecular weight is 314 g/mol. The van der Waals surface area contributed by atoms with Gasteiger partial charge in [-0.3, -0.25) is 0 Å². The van der Waals surface area contributed by atoms with E-state index in [0.29, 0.717) is 18.0 Å². The number of hydrogen-bond acceptors (Lipinski definition) is 4. The predicted octanol–water partition coefficient (Wildman–Crippen LogP) is 1.84. The molecule has 0 radical (unpaired) electrons. The first-order valence-corrected chi connectivity index (χ1v) is 9.40. The van der Waals surface area contributed by atoms with Crippen molar-refractivity contribution in [1.82, 2.24) is 9.62 Å². The molecule has 0 amide bonds. The molecule has 1 aliphatic rings. The quantitative estimate of drug-likeness (QED) is 0.921. The predicted molar refractivity (Wildman–Crippen MR) is 84.6 cm³/mol. The Labute approximate surface area is 126 Å². The molecule has 4 nitrogen and oxygen atoms in total. The second-order valence-corrected chi connectivity index (χ2v) is 8.18. The van der Waals surface area contributed by atoms with E-state index in [0.717, 1.165) is 22.6 Å². The maximum atomic E-state index is 12.9. The summed E-state index contributed by atoms with van der Waals surface area (Å²) in [5.41, 5.74) is 1.81. The highest BCUT2D eigenvalue weighted by atomic mass is 32.2. The minimum absolute atomic E-state index is 0.0612. The lowest BCUT2D eigenvalue weighted by molar-refractivity contribution is 0.367. The van der Waals surface area contributed by atoms with Gasteiger partial charge in [-0.05, 0) is 38.1 Å². The average Bonchev–Trinajstić information content (AvgIpc) is 2.41. The van der Waals surface area contributed by atoms with Crippen LogP contribution in [0.1, 0.15) is 18.1 Å². The largest absolute Gasteiger partial charge is 0.316 e. The molecule has 6 heteroatoms. The summed E-state index contributed by atoms with van der Waals surface area (Å²) in [7, 11) is -1.53. The molecule has 0 bridgehead atoms.